The van der Waals surface area contributed by atoms with E-state index in [2.05, 4.69) is 24.1 Å². The van der Waals surface area contributed by atoms with Gasteiger partial charge in [0.05, 0.1) is 6.10 Å². The topological polar surface area (TPSA) is 35.5 Å². The van der Waals surface area contributed by atoms with Gasteiger partial charge in [0.15, 0.2) is 0 Å². The van der Waals surface area contributed by atoms with Gasteiger partial charge in [-0.1, -0.05) is 26.0 Å². The fourth-order valence-corrected chi connectivity index (χ4v) is 2.03. The highest BCUT2D eigenvalue weighted by molar-refractivity contribution is 5.19. The molecule has 0 aliphatic heterocycles. The Balaban J connectivity index is 2.37. The molecule has 0 aromatic heterocycles. The van der Waals surface area contributed by atoms with Crippen molar-refractivity contribution in [2.24, 2.45) is 0 Å². The summed E-state index contributed by atoms with van der Waals surface area (Å²) in [5, 5.41) is 13.2. The van der Waals surface area contributed by atoms with Gasteiger partial charge in [0, 0.05) is 19.1 Å². The molecular weight excluding hydrogens is 243 g/mol. The van der Waals surface area contributed by atoms with Crippen LogP contribution in [0.3, 0.4) is 0 Å². The van der Waals surface area contributed by atoms with E-state index in [4.69, 9.17) is 0 Å². The van der Waals surface area contributed by atoms with E-state index in [0.717, 1.165) is 18.7 Å². The minimum Gasteiger partial charge on any atom is -0.390 e. The Morgan fingerprint density at radius 1 is 1.21 bits per heavy atom. The molecule has 0 amide bonds. The predicted molar refractivity (Wildman–Crippen MR) is 76.6 cm³/mol. The molecule has 0 saturated carbocycles. The molecule has 1 aromatic rings. The number of aliphatic hydroxyl groups excluding tert-OH is 1. The van der Waals surface area contributed by atoms with Crippen LogP contribution >= 0.6 is 0 Å². The van der Waals surface area contributed by atoms with Crippen LogP contribution in [0.2, 0.25) is 0 Å². The molecule has 0 fully saturated rings. The number of halogens is 1. The number of likely N-dealkylation sites (N-methyl/N-ethyl adjacent to an activating group) is 1. The number of hydrogen-bond acceptors (Lipinski definition) is 3. The smallest absolute Gasteiger partial charge is 0.123 e. The lowest BCUT2D eigenvalue weighted by Crippen LogP contribution is -2.38. The second-order valence-corrected chi connectivity index (χ2v) is 4.82. The highest BCUT2D eigenvalue weighted by atomic mass is 19.1. The van der Waals surface area contributed by atoms with Gasteiger partial charge in [0.2, 0.25) is 0 Å². The van der Waals surface area contributed by atoms with Gasteiger partial charge in [-0.25, -0.2) is 4.39 Å². The summed E-state index contributed by atoms with van der Waals surface area (Å²) >= 11 is 0. The minimum absolute atomic E-state index is 0.104. The molecule has 4 heteroatoms. The first-order chi connectivity index (χ1) is 9.06. The van der Waals surface area contributed by atoms with Crippen molar-refractivity contribution in [1.29, 1.82) is 0 Å². The number of benzene rings is 1. The van der Waals surface area contributed by atoms with Crippen LogP contribution in [-0.2, 0) is 0 Å². The normalized spacial score (nSPS) is 14.6. The van der Waals surface area contributed by atoms with Crippen LogP contribution in [-0.4, -0.2) is 42.3 Å². The summed E-state index contributed by atoms with van der Waals surface area (Å²) in [6, 6.07) is 6.56. The predicted octanol–water partition coefficient (Wildman–Crippen LogP) is 2.18. The number of rotatable bonds is 8. The lowest BCUT2D eigenvalue weighted by molar-refractivity contribution is 0.114. The molecule has 2 N–H and O–H groups in total. The summed E-state index contributed by atoms with van der Waals surface area (Å²) in [7, 11) is 0. The molecule has 1 aromatic carbocycles. The molecule has 19 heavy (non-hydrogen) atoms. The first-order valence-corrected chi connectivity index (χ1v) is 6.96. The van der Waals surface area contributed by atoms with E-state index in [9.17, 15) is 9.50 Å². The monoisotopic (exact) mass is 268 g/mol. The van der Waals surface area contributed by atoms with E-state index in [-0.39, 0.29) is 18.0 Å². The van der Waals surface area contributed by atoms with Gasteiger partial charge in [0.1, 0.15) is 5.82 Å². The molecule has 2 atom stereocenters. The highest BCUT2D eigenvalue weighted by Crippen LogP contribution is 2.12. The second-order valence-electron chi connectivity index (χ2n) is 4.82. The molecule has 0 bridgehead atoms. The highest BCUT2D eigenvalue weighted by Gasteiger charge is 2.11. The van der Waals surface area contributed by atoms with Crippen LogP contribution < -0.4 is 5.32 Å². The summed E-state index contributed by atoms with van der Waals surface area (Å²) in [6.45, 7) is 9.29. The SMILES string of the molecule is CCN(CC)CC(O)CN[C@H](C)c1ccc(F)cc1. The maximum absolute atomic E-state index is 12.8. The van der Waals surface area contributed by atoms with Gasteiger partial charge >= 0.3 is 0 Å². The fraction of sp³-hybridized carbons (Fsp3) is 0.600. The zero-order chi connectivity index (χ0) is 14.3. The average Bonchev–Trinajstić information content (AvgIpc) is 2.43. The third-order valence-electron chi connectivity index (χ3n) is 3.39. The number of nitrogens with zero attached hydrogens (tertiary/aromatic N) is 1. The van der Waals surface area contributed by atoms with Gasteiger partial charge in [0.25, 0.3) is 0 Å². The number of aliphatic hydroxyl groups is 1. The van der Waals surface area contributed by atoms with E-state index < -0.39 is 0 Å². The van der Waals surface area contributed by atoms with E-state index in [0.29, 0.717) is 13.1 Å². The zero-order valence-corrected chi connectivity index (χ0v) is 12.1. The third kappa shape index (κ3) is 5.68. The Morgan fingerprint density at radius 2 is 1.79 bits per heavy atom. The third-order valence-corrected chi connectivity index (χ3v) is 3.39. The molecule has 0 radical (unpaired) electrons. The van der Waals surface area contributed by atoms with E-state index in [1.807, 2.05) is 6.92 Å². The van der Waals surface area contributed by atoms with Crippen molar-refractivity contribution in [3.8, 4) is 0 Å². The first kappa shape index (κ1) is 16.1. The molecule has 0 heterocycles. The molecule has 0 aliphatic rings. The van der Waals surface area contributed by atoms with Gasteiger partial charge in [-0.2, -0.15) is 0 Å². The van der Waals surface area contributed by atoms with E-state index in [1.165, 1.54) is 12.1 Å². The van der Waals surface area contributed by atoms with Crippen LogP contribution in [0.1, 0.15) is 32.4 Å². The van der Waals surface area contributed by atoms with Crippen LogP contribution in [0.15, 0.2) is 24.3 Å². The van der Waals surface area contributed by atoms with Crippen molar-refractivity contribution >= 4 is 0 Å². The van der Waals surface area contributed by atoms with Gasteiger partial charge in [-0.15, -0.1) is 0 Å². The van der Waals surface area contributed by atoms with Crippen LogP contribution in [0.5, 0.6) is 0 Å². The lowest BCUT2D eigenvalue weighted by atomic mass is 10.1. The minimum atomic E-state index is -0.386. The van der Waals surface area contributed by atoms with E-state index >= 15 is 0 Å². The molecule has 3 nitrogen and oxygen atoms in total. The summed E-state index contributed by atoms with van der Waals surface area (Å²) in [5.74, 6) is -0.225. The lowest BCUT2D eigenvalue weighted by Gasteiger charge is -2.23. The van der Waals surface area contributed by atoms with Crippen LogP contribution in [0, 0.1) is 5.82 Å². The van der Waals surface area contributed by atoms with E-state index in [1.54, 1.807) is 12.1 Å². The Bertz CT molecular complexity index is 352. The van der Waals surface area contributed by atoms with Crippen molar-refractivity contribution in [1.82, 2.24) is 10.2 Å². The maximum Gasteiger partial charge on any atom is 0.123 e. The summed E-state index contributed by atoms with van der Waals surface area (Å²) in [6.07, 6.45) is -0.386. The molecule has 1 rings (SSSR count). The van der Waals surface area contributed by atoms with Crippen molar-refractivity contribution in [2.75, 3.05) is 26.2 Å². The Labute approximate surface area is 115 Å². The van der Waals surface area contributed by atoms with Crippen molar-refractivity contribution < 1.29 is 9.50 Å². The molecule has 108 valence electrons. The Morgan fingerprint density at radius 3 is 2.32 bits per heavy atom. The Kier molecular flexibility index (Phi) is 6.99. The van der Waals surface area contributed by atoms with Gasteiger partial charge < -0.3 is 15.3 Å². The molecule has 0 saturated heterocycles. The van der Waals surface area contributed by atoms with Crippen molar-refractivity contribution in [3.05, 3.63) is 35.6 Å². The maximum atomic E-state index is 12.8. The summed E-state index contributed by atoms with van der Waals surface area (Å²) in [4.78, 5) is 2.19. The number of nitrogens with one attached hydrogen (secondary N) is 1. The Hall–Kier alpha value is -0.970. The van der Waals surface area contributed by atoms with Crippen molar-refractivity contribution in [3.63, 3.8) is 0 Å². The van der Waals surface area contributed by atoms with Gasteiger partial charge in [-0.05, 0) is 37.7 Å². The summed E-state index contributed by atoms with van der Waals surface area (Å²) in [5.41, 5.74) is 1.02. The quantitative estimate of drug-likeness (QED) is 0.758. The average molecular weight is 268 g/mol. The standard InChI is InChI=1S/C15H25FN2O/c1-4-18(5-2)11-15(19)10-17-12(3)13-6-8-14(16)9-7-13/h6-9,12,15,17,19H,4-5,10-11H2,1-3H3/t12-,15?/m1/s1. The van der Waals surface area contributed by atoms with Crippen LogP contribution in [0.25, 0.3) is 0 Å². The molecular formula is C15H25FN2O. The molecule has 0 spiro atoms. The summed E-state index contributed by atoms with van der Waals surface area (Å²) < 4.78 is 12.8. The molecule has 1 unspecified atom stereocenters. The fourth-order valence-electron chi connectivity index (χ4n) is 2.03. The molecule has 0 aliphatic carbocycles. The number of hydrogen-bond donors (Lipinski definition) is 2. The van der Waals surface area contributed by atoms with Gasteiger partial charge in [-0.3, -0.25) is 0 Å². The second kappa shape index (κ2) is 8.25. The van der Waals surface area contributed by atoms with Crippen LogP contribution in [0.4, 0.5) is 4.39 Å². The largest absolute Gasteiger partial charge is 0.390 e. The van der Waals surface area contributed by atoms with Crippen molar-refractivity contribution in [2.45, 2.75) is 32.9 Å². The first-order valence-electron chi connectivity index (χ1n) is 6.96. The zero-order valence-electron chi connectivity index (χ0n) is 12.1.